The van der Waals surface area contributed by atoms with Crippen molar-refractivity contribution in [3.05, 3.63) is 52.0 Å². The van der Waals surface area contributed by atoms with Gasteiger partial charge in [0.25, 0.3) is 0 Å². The lowest BCUT2D eigenvalue weighted by Crippen LogP contribution is -2.43. The average molecular weight is 315 g/mol. The summed E-state index contributed by atoms with van der Waals surface area (Å²) in [6, 6.07) is 11.3. The van der Waals surface area contributed by atoms with Crippen LogP contribution >= 0.6 is 11.3 Å². The van der Waals surface area contributed by atoms with E-state index in [0.717, 1.165) is 25.9 Å². The van der Waals surface area contributed by atoms with Crippen molar-refractivity contribution >= 4 is 11.3 Å². The Balaban J connectivity index is 1.50. The molecule has 1 N–H and O–H groups in total. The number of likely N-dealkylation sites (tertiary alicyclic amines) is 1. The molecule has 0 aliphatic carbocycles. The van der Waals surface area contributed by atoms with E-state index in [4.69, 9.17) is 4.98 Å². The minimum Gasteiger partial charge on any atom is -0.316 e. The lowest BCUT2D eigenvalue weighted by atomic mass is 10.1. The third kappa shape index (κ3) is 4.38. The molecular formula is C18H25N3S. The Bertz CT molecular complexity index is 567. The SMILES string of the molecule is CNC1CCCN(Cc2csc(CCc3ccccc3)n2)C1. The molecular weight excluding hydrogens is 290 g/mol. The molecule has 1 aromatic heterocycles. The van der Waals surface area contributed by atoms with Gasteiger partial charge in [-0.25, -0.2) is 4.98 Å². The maximum absolute atomic E-state index is 4.83. The van der Waals surface area contributed by atoms with Crippen molar-refractivity contribution in [3.63, 3.8) is 0 Å². The first-order valence-electron chi connectivity index (χ1n) is 8.20. The highest BCUT2D eigenvalue weighted by Gasteiger charge is 2.19. The van der Waals surface area contributed by atoms with Gasteiger partial charge in [0.1, 0.15) is 0 Å². The molecule has 2 heterocycles. The topological polar surface area (TPSA) is 28.2 Å². The molecule has 1 fully saturated rings. The number of nitrogens with zero attached hydrogens (tertiary/aromatic N) is 2. The fraction of sp³-hybridized carbons (Fsp3) is 0.500. The van der Waals surface area contributed by atoms with Crippen LogP contribution in [-0.2, 0) is 19.4 Å². The van der Waals surface area contributed by atoms with Gasteiger partial charge in [-0.05, 0) is 38.4 Å². The van der Waals surface area contributed by atoms with Crippen LogP contribution in [0.1, 0.15) is 29.1 Å². The number of aryl methyl sites for hydroxylation is 2. The van der Waals surface area contributed by atoms with Crippen LogP contribution in [0.4, 0.5) is 0 Å². The van der Waals surface area contributed by atoms with Gasteiger partial charge in [0.2, 0.25) is 0 Å². The summed E-state index contributed by atoms with van der Waals surface area (Å²) in [7, 11) is 2.07. The van der Waals surface area contributed by atoms with Gasteiger partial charge in [-0.3, -0.25) is 4.90 Å². The molecule has 22 heavy (non-hydrogen) atoms. The Labute approximate surface area is 137 Å². The number of hydrogen-bond acceptors (Lipinski definition) is 4. The molecule has 4 heteroatoms. The molecule has 0 radical (unpaired) electrons. The molecule has 1 aliphatic rings. The van der Waals surface area contributed by atoms with E-state index in [2.05, 4.69) is 53.0 Å². The van der Waals surface area contributed by atoms with Gasteiger partial charge >= 0.3 is 0 Å². The van der Waals surface area contributed by atoms with Crippen LogP contribution in [0.3, 0.4) is 0 Å². The molecule has 0 amide bonds. The fourth-order valence-electron chi connectivity index (χ4n) is 3.10. The highest BCUT2D eigenvalue weighted by atomic mass is 32.1. The summed E-state index contributed by atoms with van der Waals surface area (Å²) in [5, 5.41) is 6.91. The first kappa shape index (κ1) is 15.7. The zero-order valence-electron chi connectivity index (χ0n) is 13.3. The summed E-state index contributed by atoms with van der Waals surface area (Å²) >= 11 is 1.81. The Kier molecular flexibility index (Phi) is 5.59. The zero-order chi connectivity index (χ0) is 15.2. The molecule has 2 aromatic rings. The fourth-order valence-corrected chi connectivity index (χ4v) is 3.89. The Morgan fingerprint density at radius 2 is 2.14 bits per heavy atom. The molecule has 1 saturated heterocycles. The van der Waals surface area contributed by atoms with Crippen LogP contribution in [0.5, 0.6) is 0 Å². The van der Waals surface area contributed by atoms with Gasteiger partial charge in [0, 0.05) is 30.9 Å². The largest absolute Gasteiger partial charge is 0.316 e. The molecule has 0 bridgehead atoms. The standard InChI is InChI=1S/C18H25N3S/c1-19-16-8-5-11-21(12-16)13-17-14-22-18(20-17)10-9-15-6-3-2-4-7-15/h2-4,6-7,14,16,19H,5,8-13H2,1H3. The number of piperidine rings is 1. The van der Waals surface area contributed by atoms with Crippen molar-refractivity contribution in [2.75, 3.05) is 20.1 Å². The number of benzene rings is 1. The van der Waals surface area contributed by atoms with E-state index in [0.29, 0.717) is 6.04 Å². The zero-order valence-corrected chi connectivity index (χ0v) is 14.1. The summed E-state index contributed by atoms with van der Waals surface area (Å²) in [6.07, 6.45) is 4.72. The van der Waals surface area contributed by atoms with Gasteiger partial charge in [-0.2, -0.15) is 0 Å². The number of aromatic nitrogens is 1. The number of rotatable bonds is 6. The second-order valence-corrected chi connectivity index (χ2v) is 7.02. The first-order chi connectivity index (χ1) is 10.8. The van der Waals surface area contributed by atoms with Crippen LogP contribution in [0, 0.1) is 0 Å². The van der Waals surface area contributed by atoms with Crippen molar-refractivity contribution in [1.82, 2.24) is 15.2 Å². The second-order valence-electron chi connectivity index (χ2n) is 6.08. The van der Waals surface area contributed by atoms with E-state index in [-0.39, 0.29) is 0 Å². The van der Waals surface area contributed by atoms with E-state index in [1.165, 1.54) is 35.7 Å². The second kappa shape index (κ2) is 7.86. The Hall–Kier alpha value is -1.23. The van der Waals surface area contributed by atoms with E-state index < -0.39 is 0 Å². The van der Waals surface area contributed by atoms with Gasteiger partial charge in [0.15, 0.2) is 0 Å². The van der Waals surface area contributed by atoms with Crippen LogP contribution in [0.25, 0.3) is 0 Å². The number of nitrogens with one attached hydrogen (secondary N) is 1. The smallest absolute Gasteiger partial charge is 0.0932 e. The minimum atomic E-state index is 0.643. The van der Waals surface area contributed by atoms with Gasteiger partial charge in [-0.1, -0.05) is 30.3 Å². The normalized spacial score (nSPS) is 19.4. The highest BCUT2D eigenvalue weighted by Crippen LogP contribution is 2.17. The quantitative estimate of drug-likeness (QED) is 0.888. The molecule has 0 saturated carbocycles. The molecule has 0 spiro atoms. The van der Waals surface area contributed by atoms with Crippen LogP contribution in [0.2, 0.25) is 0 Å². The van der Waals surface area contributed by atoms with E-state index in [1.807, 2.05) is 11.3 Å². The summed E-state index contributed by atoms with van der Waals surface area (Å²) in [6.45, 7) is 3.35. The van der Waals surface area contributed by atoms with Gasteiger partial charge in [0.05, 0.1) is 10.7 Å². The van der Waals surface area contributed by atoms with Crippen molar-refractivity contribution in [3.8, 4) is 0 Å². The average Bonchev–Trinajstić information content (AvgIpc) is 3.01. The van der Waals surface area contributed by atoms with Crippen LogP contribution < -0.4 is 5.32 Å². The van der Waals surface area contributed by atoms with E-state index >= 15 is 0 Å². The lowest BCUT2D eigenvalue weighted by molar-refractivity contribution is 0.186. The molecule has 3 nitrogen and oxygen atoms in total. The molecule has 1 atom stereocenters. The molecule has 118 valence electrons. The maximum Gasteiger partial charge on any atom is 0.0932 e. The minimum absolute atomic E-state index is 0.643. The third-order valence-electron chi connectivity index (χ3n) is 4.37. The summed E-state index contributed by atoms with van der Waals surface area (Å²) in [5.41, 5.74) is 2.64. The van der Waals surface area contributed by atoms with Crippen LogP contribution in [-0.4, -0.2) is 36.1 Å². The van der Waals surface area contributed by atoms with E-state index in [9.17, 15) is 0 Å². The predicted octanol–water partition coefficient (Wildman–Crippen LogP) is 3.11. The summed E-state index contributed by atoms with van der Waals surface area (Å²) < 4.78 is 0. The Morgan fingerprint density at radius 1 is 1.27 bits per heavy atom. The molecule has 1 aliphatic heterocycles. The Morgan fingerprint density at radius 3 is 2.95 bits per heavy atom. The van der Waals surface area contributed by atoms with E-state index in [1.54, 1.807) is 0 Å². The van der Waals surface area contributed by atoms with Gasteiger partial charge < -0.3 is 5.32 Å². The number of likely N-dealkylation sites (N-methyl/N-ethyl adjacent to an activating group) is 1. The lowest BCUT2D eigenvalue weighted by Gasteiger charge is -2.31. The molecule has 1 unspecified atom stereocenters. The molecule has 1 aromatic carbocycles. The summed E-state index contributed by atoms with van der Waals surface area (Å²) in [4.78, 5) is 7.36. The number of thiazole rings is 1. The van der Waals surface area contributed by atoms with Crippen molar-refractivity contribution < 1.29 is 0 Å². The van der Waals surface area contributed by atoms with Crippen molar-refractivity contribution in [2.45, 2.75) is 38.3 Å². The monoisotopic (exact) mass is 315 g/mol. The molecule has 3 rings (SSSR count). The van der Waals surface area contributed by atoms with Crippen LogP contribution in [0.15, 0.2) is 35.7 Å². The van der Waals surface area contributed by atoms with Crippen molar-refractivity contribution in [1.29, 1.82) is 0 Å². The predicted molar refractivity (Wildman–Crippen MR) is 93.3 cm³/mol. The summed E-state index contributed by atoms with van der Waals surface area (Å²) in [5.74, 6) is 0. The first-order valence-corrected chi connectivity index (χ1v) is 9.08. The van der Waals surface area contributed by atoms with Crippen molar-refractivity contribution in [2.24, 2.45) is 0 Å². The number of hydrogen-bond donors (Lipinski definition) is 1. The maximum atomic E-state index is 4.83. The highest BCUT2D eigenvalue weighted by molar-refractivity contribution is 7.09. The third-order valence-corrected chi connectivity index (χ3v) is 5.33. The van der Waals surface area contributed by atoms with Gasteiger partial charge in [-0.15, -0.1) is 11.3 Å².